The molecule has 0 unspecified atom stereocenters. The monoisotopic (exact) mass is 282 g/mol. The van der Waals surface area contributed by atoms with E-state index in [4.69, 9.17) is 27.5 Å². The Morgan fingerprint density at radius 2 is 1.89 bits per heavy atom. The Hall–Kier alpha value is -2.14. The van der Waals surface area contributed by atoms with Crippen molar-refractivity contribution in [1.82, 2.24) is 0 Å². The summed E-state index contributed by atoms with van der Waals surface area (Å²) in [5.41, 5.74) is 5.56. The average molecular weight is 283 g/mol. The highest BCUT2D eigenvalue weighted by Gasteiger charge is 2.14. The third-order valence-corrected chi connectivity index (χ3v) is 2.67. The number of halogens is 3. The summed E-state index contributed by atoms with van der Waals surface area (Å²) in [5.74, 6) is -1.91. The fraction of sp³-hybridized carbons (Fsp3) is 0. The predicted octanol–water partition coefficient (Wildman–Crippen LogP) is 3.69. The Labute approximate surface area is 113 Å². The summed E-state index contributed by atoms with van der Waals surface area (Å²) < 4.78 is 31.6. The first-order valence-electron chi connectivity index (χ1n) is 5.25. The minimum Gasteiger partial charge on any atom is -0.453 e. The molecule has 0 amide bonds. The van der Waals surface area contributed by atoms with E-state index in [0.29, 0.717) is 6.07 Å². The molecule has 0 aliphatic rings. The SMILES string of the molecule is N=C(N)c1c(Cl)cccc1Oc1ccc(F)cc1F. The third-order valence-electron chi connectivity index (χ3n) is 2.36. The van der Waals surface area contributed by atoms with E-state index in [0.717, 1.165) is 12.1 Å². The van der Waals surface area contributed by atoms with Crippen LogP contribution < -0.4 is 10.5 Å². The van der Waals surface area contributed by atoms with Gasteiger partial charge in [0, 0.05) is 6.07 Å². The van der Waals surface area contributed by atoms with Crippen molar-refractivity contribution in [2.75, 3.05) is 0 Å². The zero-order valence-electron chi connectivity index (χ0n) is 9.58. The van der Waals surface area contributed by atoms with Gasteiger partial charge in [0.25, 0.3) is 0 Å². The number of nitrogens with one attached hydrogen (secondary N) is 1. The molecule has 19 heavy (non-hydrogen) atoms. The maximum absolute atomic E-state index is 13.5. The van der Waals surface area contributed by atoms with E-state index in [-0.39, 0.29) is 27.9 Å². The first kappa shape index (κ1) is 13.3. The van der Waals surface area contributed by atoms with E-state index >= 15 is 0 Å². The normalized spacial score (nSPS) is 10.3. The van der Waals surface area contributed by atoms with Crippen LogP contribution in [0.2, 0.25) is 5.02 Å². The lowest BCUT2D eigenvalue weighted by Gasteiger charge is -2.12. The highest BCUT2D eigenvalue weighted by atomic mass is 35.5. The molecule has 0 aliphatic heterocycles. The number of amidine groups is 1. The molecule has 0 aromatic heterocycles. The molecule has 0 atom stereocenters. The lowest BCUT2D eigenvalue weighted by atomic mass is 10.2. The number of nitrogens with two attached hydrogens (primary N) is 1. The lowest BCUT2D eigenvalue weighted by molar-refractivity contribution is 0.437. The second-order valence-electron chi connectivity index (χ2n) is 3.70. The van der Waals surface area contributed by atoms with Crippen LogP contribution >= 0.6 is 11.6 Å². The summed E-state index contributed by atoms with van der Waals surface area (Å²) in [6.45, 7) is 0. The molecule has 0 saturated carbocycles. The Morgan fingerprint density at radius 1 is 1.16 bits per heavy atom. The fourth-order valence-corrected chi connectivity index (χ4v) is 1.79. The van der Waals surface area contributed by atoms with Crippen LogP contribution in [-0.2, 0) is 0 Å². The van der Waals surface area contributed by atoms with Crippen molar-refractivity contribution in [1.29, 1.82) is 5.41 Å². The number of hydrogen-bond acceptors (Lipinski definition) is 2. The maximum atomic E-state index is 13.5. The summed E-state index contributed by atoms with van der Waals surface area (Å²) in [7, 11) is 0. The van der Waals surface area contributed by atoms with E-state index in [1.807, 2.05) is 0 Å². The molecule has 6 heteroatoms. The average Bonchev–Trinajstić information content (AvgIpc) is 2.32. The Balaban J connectivity index is 2.44. The second-order valence-corrected chi connectivity index (χ2v) is 4.11. The van der Waals surface area contributed by atoms with Crippen LogP contribution in [0.4, 0.5) is 8.78 Å². The van der Waals surface area contributed by atoms with Crippen molar-refractivity contribution in [3.8, 4) is 11.5 Å². The molecule has 0 saturated heterocycles. The summed E-state index contributed by atoms with van der Waals surface area (Å²) in [5, 5.41) is 7.65. The van der Waals surface area contributed by atoms with E-state index in [1.54, 1.807) is 6.07 Å². The van der Waals surface area contributed by atoms with E-state index in [9.17, 15) is 8.78 Å². The summed E-state index contributed by atoms with van der Waals surface area (Å²) in [6.07, 6.45) is 0. The molecular formula is C13H9ClF2N2O. The lowest BCUT2D eigenvalue weighted by Crippen LogP contribution is -2.13. The van der Waals surface area contributed by atoms with Gasteiger partial charge in [-0.05, 0) is 24.3 Å². The molecule has 0 spiro atoms. The molecule has 2 aromatic carbocycles. The molecule has 0 heterocycles. The van der Waals surface area contributed by atoms with Crippen molar-refractivity contribution in [3.63, 3.8) is 0 Å². The van der Waals surface area contributed by atoms with Gasteiger partial charge in [-0.2, -0.15) is 0 Å². The fourth-order valence-electron chi connectivity index (χ4n) is 1.53. The van der Waals surface area contributed by atoms with E-state index in [1.165, 1.54) is 12.1 Å². The Morgan fingerprint density at radius 3 is 2.53 bits per heavy atom. The van der Waals surface area contributed by atoms with Gasteiger partial charge in [0.05, 0.1) is 10.6 Å². The van der Waals surface area contributed by atoms with Crippen molar-refractivity contribution in [2.45, 2.75) is 0 Å². The van der Waals surface area contributed by atoms with Crippen LogP contribution in [0.5, 0.6) is 11.5 Å². The zero-order chi connectivity index (χ0) is 14.0. The molecule has 0 radical (unpaired) electrons. The zero-order valence-corrected chi connectivity index (χ0v) is 10.3. The molecular weight excluding hydrogens is 274 g/mol. The second kappa shape index (κ2) is 5.24. The van der Waals surface area contributed by atoms with Gasteiger partial charge in [0.15, 0.2) is 11.6 Å². The molecule has 2 aromatic rings. The van der Waals surface area contributed by atoms with Crippen molar-refractivity contribution >= 4 is 17.4 Å². The van der Waals surface area contributed by atoms with Gasteiger partial charge < -0.3 is 10.5 Å². The Kier molecular flexibility index (Phi) is 3.66. The van der Waals surface area contributed by atoms with Gasteiger partial charge in [-0.3, -0.25) is 5.41 Å². The maximum Gasteiger partial charge on any atom is 0.168 e. The number of hydrogen-bond donors (Lipinski definition) is 2. The van der Waals surface area contributed by atoms with Gasteiger partial charge in [-0.15, -0.1) is 0 Å². The van der Waals surface area contributed by atoms with Gasteiger partial charge in [-0.1, -0.05) is 17.7 Å². The van der Waals surface area contributed by atoms with Gasteiger partial charge in [0.2, 0.25) is 0 Å². The first-order chi connectivity index (χ1) is 8.99. The van der Waals surface area contributed by atoms with Crippen LogP contribution in [0.3, 0.4) is 0 Å². The number of benzene rings is 2. The molecule has 0 bridgehead atoms. The van der Waals surface area contributed by atoms with Crippen molar-refractivity contribution in [3.05, 3.63) is 58.6 Å². The predicted molar refractivity (Wildman–Crippen MR) is 68.9 cm³/mol. The van der Waals surface area contributed by atoms with Crippen molar-refractivity contribution in [2.24, 2.45) is 5.73 Å². The molecule has 2 rings (SSSR count). The molecule has 98 valence electrons. The van der Waals surface area contributed by atoms with E-state index in [2.05, 4.69) is 0 Å². The summed E-state index contributed by atoms with van der Waals surface area (Å²) in [4.78, 5) is 0. The third kappa shape index (κ3) is 2.82. The van der Waals surface area contributed by atoms with Gasteiger partial charge in [-0.25, -0.2) is 8.78 Å². The van der Waals surface area contributed by atoms with Crippen LogP contribution in [-0.4, -0.2) is 5.84 Å². The molecule has 3 N–H and O–H groups in total. The van der Waals surface area contributed by atoms with E-state index < -0.39 is 11.6 Å². The standard InChI is InChI=1S/C13H9ClF2N2O/c14-8-2-1-3-11(12(8)13(17)18)19-10-5-4-7(15)6-9(10)16/h1-6H,(H3,17,18). The van der Waals surface area contributed by atoms with Crippen LogP contribution in [0.15, 0.2) is 36.4 Å². The summed E-state index contributed by atoms with van der Waals surface area (Å²) in [6, 6.07) is 7.52. The quantitative estimate of drug-likeness (QED) is 0.666. The van der Waals surface area contributed by atoms with Crippen molar-refractivity contribution < 1.29 is 13.5 Å². The first-order valence-corrected chi connectivity index (χ1v) is 5.62. The van der Waals surface area contributed by atoms with Crippen LogP contribution in [0, 0.1) is 17.0 Å². The number of nitrogen functional groups attached to an aromatic ring is 1. The topological polar surface area (TPSA) is 59.1 Å². The summed E-state index contributed by atoms with van der Waals surface area (Å²) >= 11 is 5.90. The van der Waals surface area contributed by atoms with Gasteiger partial charge >= 0.3 is 0 Å². The number of rotatable bonds is 3. The number of ether oxygens (including phenoxy) is 1. The molecule has 0 aliphatic carbocycles. The van der Waals surface area contributed by atoms with Crippen LogP contribution in [0.1, 0.15) is 5.56 Å². The van der Waals surface area contributed by atoms with Crippen LogP contribution in [0.25, 0.3) is 0 Å². The minimum absolute atomic E-state index is 0.130. The smallest absolute Gasteiger partial charge is 0.168 e. The largest absolute Gasteiger partial charge is 0.453 e. The Bertz CT molecular complexity index is 647. The molecule has 0 fully saturated rings. The molecule has 3 nitrogen and oxygen atoms in total. The highest BCUT2D eigenvalue weighted by molar-refractivity contribution is 6.34. The minimum atomic E-state index is -0.852. The highest BCUT2D eigenvalue weighted by Crippen LogP contribution is 2.31. The van der Waals surface area contributed by atoms with Gasteiger partial charge in [0.1, 0.15) is 17.4 Å².